The molecule has 1 aromatic carbocycles. The molecule has 0 bridgehead atoms. The molecule has 0 radical (unpaired) electrons. The summed E-state index contributed by atoms with van der Waals surface area (Å²) in [5.74, 6) is 0.471. The van der Waals surface area contributed by atoms with E-state index in [0.717, 1.165) is 24.8 Å². The van der Waals surface area contributed by atoms with Crippen molar-refractivity contribution in [1.82, 2.24) is 0 Å². The summed E-state index contributed by atoms with van der Waals surface area (Å²) in [6.45, 7) is 8.69. The van der Waals surface area contributed by atoms with Crippen molar-refractivity contribution < 1.29 is 5.11 Å². The van der Waals surface area contributed by atoms with E-state index in [4.69, 9.17) is 0 Å². The van der Waals surface area contributed by atoms with E-state index in [0.29, 0.717) is 5.75 Å². The van der Waals surface area contributed by atoms with E-state index >= 15 is 0 Å². The van der Waals surface area contributed by atoms with Gasteiger partial charge in [-0.05, 0) is 42.9 Å². The molecule has 1 aromatic rings. The van der Waals surface area contributed by atoms with Gasteiger partial charge in [-0.3, -0.25) is 0 Å². The van der Waals surface area contributed by atoms with Crippen molar-refractivity contribution in [1.29, 1.82) is 0 Å². The first kappa shape index (κ1) is 20.0. The van der Waals surface area contributed by atoms with Crippen LogP contribution in [-0.4, -0.2) is 5.11 Å². The molecule has 122 valence electrons. The molecule has 0 aliphatic rings. The van der Waals surface area contributed by atoms with Gasteiger partial charge in [0.2, 0.25) is 0 Å². The summed E-state index contributed by atoms with van der Waals surface area (Å²) in [4.78, 5) is 0. The molecule has 0 atom stereocenters. The number of phenols is 1. The van der Waals surface area contributed by atoms with Crippen LogP contribution < -0.4 is 0 Å². The van der Waals surface area contributed by atoms with Crippen molar-refractivity contribution in [2.24, 2.45) is 0 Å². The van der Waals surface area contributed by atoms with E-state index in [1.807, 2.05) is 6.07 Å². The molecule has 0 spiro atoms. The lowest BCUT2D eigenvalue weighted by molar-refractivity contribution is 0.466. The Bertz CT molecular complexity index is 344. The maximum absolute atomic E-state index is 9.80. The minimum atomic E-state index is 0.471. The first-order valence-electron chi connectivity index (χ1n) is 9.00. The molecule has 0 saturated heterocycles. The van der Waals surface area contributed by atoms with Crippen molar-refractivity contribution in [3.05, 3.63) is 29.3 Å². The number of rotatable bonds is 9. The predicted molar refractivity (Wildman–Crippen MR) is 95.1 cm³/mol. The summed E-state index contributed by atoms with van der Waals surface area (Å²) >= 11 is 0. The van der Waals surface area contributed by atoms with Gasteiger partial charge in [0.15, 0.2) is 0 Å². The average Bonchev–Trinajstić information content (AvgIpc) is 2.48. The van der Waals surface area contributed by atoms with Crippen LogP contribution in [0, 0.1) is 0 Å². The Labute approximate surface area is 132 Å². The van der Waals surface area contributed by atoms with Gasteiger partial charge in [0.25, 0.3) is 0 Å². The highest BCUT2D eigenvalue weighted by Crippen LogP contribution is 2.21. The van der Waals surface area contributed by atoms with E-state index in [2.05, 4.69) is 39.8 Å². The van der Waals surface area contributed by atoms with Crippen LogP contribution >= 0.6 is 0 Å². The Morgan fingerprint density at radius 2 is 1.38 bits per heavy atom. The Kier molecular flexibility index (Phi) is 13.3. The molecule has 0 saturated carbocycles. The lowest BCUT2D eigenvalue weighted by Gasteiger charge is -2.07. The van der Waals surface area contributed by atoms with Gasteiger partial charge in [-0.25, -0.2) is 0 Å². The van der Waals surface area contributed by atoms with Gasteiger partial charge in [0, 0.05) is 0 Å². The first-order chi connectivity index (χ1) is 10.2. The summed E-state index contributed by atoms with van der Waals surface area (Å²) in [6.07, 6.45) is 12.4. The molecule has 21 heavy (non-hydrogen) atoms. The van der Waals surface area contributed by atoms with Crippen LogP contribution in [0.1, 0.15) is 90.2 Å². The zero-order valence-corrected chi connectivity index (χ0v) is 14.8. The number of aryl methyl sites for hydroxylation is 2. The summed E-state index contributed by atoms with van der Waals surface area (Å²) < 4.78 is 0. The normalized spacial score (nSPS) is 10.1. The molecule has 0 heterocycles. The summed E-state index contributed by atoms with van der Waals surface area (Å²) in [5, 5.41) is 9.80. The third kappa shape index (κ3) is 10.4. The van der Waals surface area contributed by atoms with Gasteiger partial charge in [0.05, 0.1) is 0 Å². The third-order valence-electron chi connectivity index (χ3n) is 3.51. The van der Waals surface area contributed by atoms with Gasteiger partial charge in [-0.1, -0.05) is 78.4 Å². The number of unbranched alkanes of at least 4 members (excludes halogenated alkanes) is 5. The van der Waals surface area contributed by atoms with E-state index in [-0.39, 0.29) is 0 Å². The van der Waals surface area contributed by atoms with Gasteiger partial charge >= 0.3 is 0 Å². The Morgan fingerprint density at radius 1 is 0.762 bits per heavy atom. The maximum atomic E-state index is 9.80. The second-order valence-electron chi connectivity index (χ2n) is 5.94. The molecular formula is C20H36O. The fourth-order valence-corrected chi connectivity index (χ4v) is 2.29. The van der Waals surface area contributed by atoms with Crippen molar-refractivity contribution in [2.45, 2.75) is 91.9 Å². The van der Waals surface area contributed by atoms with Crippen molar-refractivity contribution >= 4 is 0 Å². The van der Waals surface area contributed by atoms with E-state index in [1.54, 1.807) is 0 Å². The second kappa shape index (κ2) is 14.0. The van der Waals surface area contributed by atoms with E-state index in [9.17, 15) is 5.11 Å². The fraction of sp³-hybridized carbons (Fsp3) is 0.700. The van der Waals surface area contributed by atoms with Gasteiger partial charge in [-0.15, -0.1) is 0 Å². The highest BCUT2D eigenvalue weighted by molar-refractivity contribution is 5.36. The SMILES string of the molecule is CCC.CCCCCCCc1ccc(O)c(CCCC)c1. The van der Waals surface area contributed by atoms with E-state index in [1.165, 1.54) is 50.5 Å². The first-order valence-corrected chi connectivity index (χ1v) is 9.00. The molecule has 1 nitrogen and oxygen atoms in total. The Morgan fingerprint density at radius 3 is 2.00 bits per heavy atom. The van der Waals surface area contributed by atoms with Crippen LogP contribution in [0.5, 0.6) is 5.75 Å². The summed E-state index contributed by atoms with van der Waals surface area (Å²) in [5.41, 5.74) is 2.51. The largest absolute Gasteiger partial charge is 0.508 e. The van der Waals surface area contributed by atoms with Crippen LogP contribution in [0.2, 0.25) is 0 Å². The van der Waals surface area contributed by atoms with Crippen molar-refractivity contribution in [2.75, 3.05) is 0 Å². The van der Waals surface area contributed by atoms with Gasteiger partial charge in [0.1, 0.15) is 5.75 Å². The van der Waals surface area contributed by atoms with E-state index < -0.39 is 0 Å². The minimum Gasteiger partial charge on any atom is -0.508 e. The average molecular weight is 293 g/mol. The molecule has 0 aliphatic heterocycles. The monoisotopic (exact) mass is 292 g/mol. The second-order valence-corrected chi connectivity index (χ2v) is 5.94. The highest BCUT2D eigenvalue weighted by atomic mass is 16.3. The summed E-state index contributed by atoms with van der Waals surface area (Å²) in [7, 11) is 0. The number of phenolic OH excluding ortho intramolecular Hbond substituents is 1. The molecular weight excluding hydrogens is 256 g/mol. The molecule has 1 heteroatoms. The van der Waals surface area contributed by atoms with Gasteiger partial charge < -0.3 is 5.11 Å². The number of hydrogen-bond acceptors (Lipinski definition) is 1. The standard InChI is InChI=1S/C17H28O.C3H8/c1-3-5-7-8-9-10-15-12-13-17(18)16(14-15)11-6-4-2;1-3-2/h12-14,18H,3-11H2,1-2H3;3H2,1-2H3. The van der Waals surface area contributed by atoms with Crippen molar-refractivity contribution in [3.63, 3.8) is 0 Å². The Hall–Kier alpha value is -0.980. The lowest BCUT2D eigenvalue weighted by Crippen LogP contribution is -1.91. The minimum absolute atomic E-state index is 0.471. The molecule has 0 fully saturated rings. The van der Waals surface area contributed by atoms with Crippen LogP contribution in [-0.2, 0) is 12.8 Å². The zero-order valence-electron chi connectivity index (χ0n) is 14.8. The molecule has 1 N–H and O–H groups in total. The Balaban J connectivity index is 0.00000122. The predicted octanol–water partition coefficient (Wildman–Crippen LogP) is 6.66. The smallest absolute Gasteiger partial charge is 0.118 e. The van der Waals surface area contributed by atoms with Crippen LogP contribution in [0.3, 0.4) is 0 Å². The quantitative estimate of drug-likeness (QED) is 0.504. The number of hydrogen-bond donors (Lipinski definition) is 1. The maximum Gasteiger partial charge on any atom is 0.118 e. The molecule has 0 aromatic heterocycles. The highest BCUT2D eigenvalue weighted by Gasteiger charge is 2.02. The van der Waals surface area contributed by atoms with Crippen molar-refractivity contribution in [3.8, 4) is 5.75 Å². The third-order valence-corrected chi connectivity index (χ3v) is 3.51. The zero-order chi connectivity index (χ0) is 15.9. The summed E-state index contributed by atoms with van der Waals surface area (Å²) in [6, 6.07) is 6.14. The van der Waals surface area contributed by atoms with Crippen LogP contribution in [0.25, 0.3) is 0 Å². The molecule has 0 amide bonds. The van der Waals surface area contributed by atoms with Gasteiger partial charge in [-0.2, -0.15) is 0 Å². The van der Waals surface area contributed by atoms with Crippen LogP contribution in [0.4, 0.5) is 0 Å². The van der Waals surface area contributed by atoms with Crippen LogP contribution in [0.15, 0.2) is 18.2 Å². The molecule has 1 rings (SSSR count). The molecule has 0 unspecified atom stereocenters. The number of benzene rings is 1. The fourth-order valence-electron chi connectivity index (χ4n) is 2.29. The number of aromatic hydroxyl groups is 1. The topological polar surface area (TPSA) is 20.2 Å². The lowest BCUT2D eigenvalue weighted by atomic mass is 10.0. The molecule has 0 aliphatic carbocycles.